The fourth-order valence-electron chi connectivity index (χ4n) is 1.14. The minimum absolute atomic E-state index is 0.269. The van der Waals surface area contributed by atoms with Gasteiger partial charge < -0.3 is 10.1 Å². The molecule has 0 bridgehead atoms. The summed E-state index contributed by atoms with van der Waals surface area (Å²) in [7, 11) is 0. The van der Waals surface area contributed by atoms with Crippen LogP contribution in [-0.2, 0) is 0 Å². The van der Waals surface area contributed by atoms with Crippen molar-refractivity contribution in [3.63, 3.8) is 0 Å². The maximum atomic E-state index is 11.5. The first-order chi connectivity index (χ1) is 6.79. The van der Waals surface area contributed by atoms with Crippen LogP contribution in [0.2, 0.25) is 0 Å². The lowest BCUT2D eigenvalue weighted by atomic mass is 10.1. The molecule has 1 aromatic heterocycles. The third-order valence-corrected chi connectivity index (χ3v) is 2.77. The monoisotopic (exact) mass is 227 g/mol. The Hall–Kier alpha value is -1.03. The van der Waals surface area contributed by atoms with Gasteiger partial charge in [-0.3, -0.25) is 0 Å². The molecule has 0 spiro atoms. The molecule has 1 rings (SSSR count). The Morgan fingerprint density at radius 2 is 2.00 bits per heavy atom. The Balaban J connectivity index is 2.67. The van der Waals surface area contributed by atoms with Crippen LogP contribution in [-0.4, -0.2) is 11.6 Å². The van der Waals surface area contributed by atoms with Crippen LogP contribution in [0.25, 0.3) is 0 Å². The number of carbonyl (C=O) groups is 1. The molecule has 0 saturated carbocycles. The van der Waals surface area contributed by atoms with E-state index in [0.717, 1.165) is 10.4 Å². The molecule has 0 aliphatic rings. The second-order valence-corrected chi connectivity index (χ2v) is 5.65. The van der Waals surface area contributed by atoms with Gasteiger partial charge >= 0.3 is 6.09 Å². The van der Waals surface area contributed by atoms with E-state index in [0.29, 0.717) is 5.75 Å². The summed E-state index contributed by atoms with van der Waals surface area (Å²) in [6, 6.07) is 0. The molecule has 1 amide bonds. The Morgan fingerprint density at radius 3 is 2.40 bits per heavy atom. The van der Waals surface area contributed by atoms with E-state index in [1.54, 1.807) is 11.3 Å². The van der Waals surface area contributed by atoms with Crippen LogP contribution >= 0.6 is 11.3 Å². The average Bonchev–Trinajstić information content (AvgIpc) is 2.32. The van der Waals surface area contributed by atoms with Crippen molar-refractivity contribution < 1.29 is 9.53 Å². The molecule has 15 heavy (non-hydrogen) atoms. The smallest absolute Gasteiger partial charge is 0.409 e. The molecule has 0 aromatic carbocycles. The van der Waals surface area contributed by atoms with Gasteiger partial charge in [-0.25, -0.2) is 4.79 Å². The molecule has 1 aromatic rings. The van der Waals surface area contributed by atoms with Crippen LogP contribution < -0.4 is 10.1 Å². The van der Waals surface area contributed by atoms with E-state index in [2.05, 4.69) is 5.32 Å². The summed E-state index contributed by atoms with van der Waals surface area (Å²) in [6.45, 7) is 9.63. The van der Waals surface area contributed by atoms with Gasteiger partial charge in [0.15, 0.2) is 0 Å². The third kappa shape index (κ3) is 3.55. The number of hydrogen-bond donors (Lipinski definition) is 1. The van der Waals surface area contributed by atoms with Gasteiger partial charge in [0.1, 0.15) is 5.75 Å². The molecule has 0 aliphatic carbocycles. The van der Waals surface area contributed by atoms with E-state index in [1.807, 2.05) is 40.0 Å². The summed E-state index contributed by atoms with van der Waals surface area (Å²) in [5.41, 5.74) is 0.733. The number of nitrogens with one attached hydrogen (secondary N) is 1. The van der Waals surface area contributed by atoms with Crippen molar-refractivity contribution in [3.05, 3.63) is 15.8 Å². The van der Waals surface area contributed by atoms with Gasteiger partial charge in [-0.2, -0.15) is 0 Å². The van der Waals surface area contributed by atoms with Gasteiger partial charge in [-0.1, -0.05) is 0 Å². The Kier molecular flexibility index (Phi) is 3.39. The highest BCUT2D eigenvalue weighted by atomic mass is 32.1. The van der Waals surface area contributed by atoms with E-state index in [4.69, 9.17) is 4.74 Å². The lowest BCUT2D eigenvalue weighted by Gasteiger charge is -2.19. The van der Waals surface area contributed by atoms with Crippen molar-refractivity contribution in [1.29, 1.82) is 0 Å². The van der Waals surface area contributed by atoms with Gasteiger partial charge in [0.25, 0.3) is 0 Å². The van der Waals surface area contributed by atoms with Gasteiger partial charge in [0, 0.05) is 16.0 Å². The summed E-state index contributed by atoms with van der Waals surface area (Å²) in [5, 5.41) is 4.74. The highest BCUT2D eigenvalue weighted by Crippen LogP contribution is 2.29. The van der Waals surface area contributed by atoms with E-state index >= 15 is 0 Å². The number of carbonyl (C=O) groups excluding carboxylic acids is 1. The summed E-state index contributed by atoms with van der Waals surface area (Å²) < 4.78 is 5.25. The topological polar surface area (TPSA) is 38.3 Å². The maximum Gasteiger partial charge on any atom is 0.413 e. The molecule has 0 atom stereocenters. The Morgan fingerprint density at radius 1 is 1.40 bits per heavy atom. The minimum Gasteiger partial charge on any atom is -0.409 e. The highest BCUT2D eigenvalue weighted by Gasteiger charge is 2.17. The summed E-state index contributed by atoms with van der Waals surface area (Å²) in [4.78, 5) is 12.5. The van der Waals surface area contributed by atoms with Gasteiger partial charge in [0.05, 0.1) is 0 Å². The van der Waals surface area contributed by atoms with E-state index in [9.17, 15) is 4.79 Å². The van der Waals surface area contributed by atoms with Crippen molar-refractivity contribution in [2.24, 2.45) is 0 Å². The number of ether oxygens (including phenoxy) is 1. The van der Waals surface area contributed by atoms with E-state index < -0.39 is 6.09 Å². The number of hydrogen-bond acceptors (Lipinski definition) is 3. The molecule has 0 radical (unpaired) electrons. The van der Waals surface area contributed by atoms with Crippen molar-refractivity contribution in [1.82, 2.24) is 5.32 Å². The quantitative estimate of drug-likeness (QED) is 0.799. The first-order valence-corrected chi connectivity index (χ1v) is 5.72. The lowest BCUT2D eigenvalue weighted by molar-refractivity contribution is 0.190. The minimum atomic E-state index is -0.396. The summed E-state index contributed by atoms with van der Waals surface area (Å²) in [5.74, 6) is 0.682. The molecule has 3 nitrogen and oxygen atoms in total. The zero-order valence-electron chi connectivity index (χ0n) is 9.80. The maximum absolute atomic E-state index is 11.5. The molecule has 4 heteroatoms. The van der Waals surface area contributed by atoms with Crippen LogP contribution in [0.15, 0.2) is 5.38 Å². The standard InChI is InChI=1S/C11H17NO2S/c1-7-6-15-8(2)9(7)14-10(13)12-11(3,4)5/h6H,1-5H3,(H,12,13). The van der Waals surface area contributed by atoms with Crippen molar-refractivity contribution in [2.75, 3.05) is 0 Å². The number of amides is 1. The van der Waals surface area contributed by atoms with Gasteiger partial charge in [0.2, 0.25) is 0 Å². The second kappa shape index (κ2) is 4.23. The second-order valence-electron chi connectivity index (χ2n) is 4.57. The predicted molar refractivity (Wildman–Crippen MR) is 62.7 cm³/mol. The Bertz CT molecular complexity index is 344. The van der Waals surface area contributed by atoms with E-state index in [1.165, 1.54) is 0 Å². The molecule has 0 saturated heterocycles. The summed E-state index contributed by atoms with van der Waals surface area (Å²) in [6.07, 6.45) is -0.396. The molecule has 0 unspecified atom stereocenters. The fourth-order valence-corrected chi connectivity index (χ4v) is 1.91. The predicted octanol–water partition coefficient (Wildman–Crippen LogP) is 3.25. The molecule has 84 valence electrons. The normalized spacial score (nSPS) is 11.3. The molecular formula is C11H17NO2S. The molecule has 1 N–H and O–H groups in total. The highest BCUT2D eigenvalue weighted by molar-refractivity contribution is 7.10. The number of thiophene rings is 1. The van der Waals surface area contributed by atoms with E-state index in [-0.39, 0.29) is 5.54 Å². The molecular weight excluding hydrogens is 210 g/mol. The zero-order valence-corrected chi connectivity index (χ0v) is 10.6. The lowest BCUT2D eigenvalue weighted by Crippen LogP contribution is -2.42. The number of rotatable bonds is 1. The average molecular weight is 227 g/mol. The largest absolute Gasteiger partial charge is 0.413 e. The first-order valence-electron chi connectivity index (χ1n) is 4.84. The molecule has 0 fully saturated rings. The van der Waals surface area contributed by atoms with Gasteiger partial charge in [-0.15, -0.1) is 11.3 Å². The van der Waals surface area contributed by atoms with Gasteiger partial charge in [-0.05, 0) is 40.0 Å². The third-order valence-electron chi connectivity index (χ3n) is 1.76. The molecule has 0 aliphatic heterocycles. The Labute approximate surface area is 94.5 Å². The van der Waals surface area contributed by atoms with Crippen LogP contribution in [0.5, 0.6) is 5.75 Å². The first kappa shape index (κ1) is 12.0. The molecule has 1 heterocycles. The van der Waals surface area contributed by atoms with Crippen molar-refractivity contribution in [2.45, 2.75) is 40.2 Å². The van der Waals surface area contributed by atoms with Crippen LogP contribution in [0, 0.1) is 13.8 Å². The van der Waals surface area contributed by atoms with Crippen molar-refractivity contribution >= 4 is 17.4 Å². The van der Waals surface area contributed by atoms with Crippen LogP contribution in [0.4, 0.5) is 4.79 Å². The SMILES string of the molecule is Cc1csc(C)c1OC(=O)NC(C)(C)C. The van der Waals surface area contributed by atoms with Crippen molar-refractivity contribution in [3.8, 4) is 5.75 Å². The zero-order chi connectivity index (χ0) is 11.6. The van der Waals surface area contributed by atoms with Crippen LogP contribution in [0.3, 0.4) is 0 Å². The fraction of sp³-hybridized carbons (Fsp3) is 0.545. The van der Waals surface area contributed by atoms with Crippen LogP contribution in [0.1, 0.15) is 31.2 Å². The number of aryl methyl sites for hydroxylation is 2. The summed E-state index contributed by atoms with van der Waals surface area (Å²) >= 11 is 1.59.